The van der Waals surface area contributed by atoms with Crippen molar-refractivity contribution in [3.63, 3.8) is 0 Å². The van der Waals surface area contributed by atoms with Crippen molar-refractivity contribution in [2.75, 3.05) is 76.4 Å². The number of piperidine rings is 1. The van der Waals surface area contributed by atoms with Gasteiger partial charge in [-0.25, -0.2) is 9.37 Å². The molecule has 0 saturated carbocycles. The Hall–Kier alpha value is -3.36. The molecule has 3 aliphatic heterocycles. The van der Waals surface area contributed by atoms with Gasteiger partial charge in [0.05, 0.1) is 48.9 Å². The molecule has 10 heteroatoms. The fourth-order valence-corrected chi connectivity index (χ4v) is 6.20. The van der Waals surface area contributed by atoms with Crippen LogP contribution in [0.4, 0.5) is 21.6 Å². The van der Waals surface area contributed by atoms with Crippen LogP contribution in [0.1, 0.15) is 37.9 Å². The van der Waals surface area contributed by atoms with Crippen LogP contribution < -0.4 is 16.0 Å². The highest BCUT2D eigenvalue weighted by Gasteiger charge is 2.36. The summed E-state index contributed by atoms with van der Waals surface area (Å²) >= 11 is 0. The minimum Gasteiger partial charge on any atom is -0.381 e. The van der Waals surface area contributed by atoms with Crippen molar-refractivity contribution in [1.29, 1.82) is 5.26 Å². The van der Waals surface area contributed by atoms with E-state index in [0.29, 0.717) is 55.2 Å². The summed E-state index contributed by atoms with van der Waals surface area (Å²) in [5.41, 5.74) is 7.62. The number of morpholine rings is 1. The second-order valence-corrected chi connectivity index (χ2v) is 11.8. The zero-order valence-electron chi connectivity index (χ0n) is 24.9. The second-order valence-electron chi connectivity index (χ2n) is 11.8. The number of rotatable bonds is 7. The fraction of sp³-hybridized carbons (Fsp3) is 0.531. The van der Waals surface area contributed by atoms with E-state index in [1.807, 2.05) is 6.07 Å². The summed E-state index contributed by atoms with van der Waals surface area (Å²) in [5, 5.41) is 13.7. The molecular formula is C32H42FN7O2. The number of hydrogen-bond donors (Lipinski definition) is 2. The van der Waals surface area contributed by atoms with Gasteiger partial charge >= 0.3 is 0 Å². The molecule has 224 valence electrons. The van der Waals surface area contributed by atoms with E-state index >= 15 is 4.39 Å². The lowest BCUT2D eigenvalue weighted by Crippen LogP contribution is -2.45. The van der Waals surface area contributed by atoms with Crippen LogP contribution >= 0.6 is 0 Å². The van der Waals surface area contributed by atoms with Crippen LogP contribution in [0.3, 0.4) is 0 Å². The van der Waals surface area contributed by atoms with Crippen LogP contribution in [0.15, 0.2) is 36.5 Å². The van der Waals surface area contributed by atoms with Crippen LogP contribution in [0.5, 0.6) is 0 Å². The molecule has 1 aromatic carbocycles. The summed E-state index contributed by atoms with van der Waals surface area (Å²) < 4.78 is 25.8. The van der Waals surface area contributed by atoms with Gasteiger partial charge in [0.1, 0.15) is 17.7 Å². The molecule has 0 radical (unpaired) electrons. The van der Waals surface area contributed by atoms with Gasteiger partial charge in [0.15, 0.2) is 0 Å². The fourth-order valence-electron chi connectivity index (χ4n) is 6.20. The number of nitrogens with zero attached hydrogens (tertiary/aromatic N) is 5. The molecule has 3 saturated heterocycles. The number of likely N-dealkylation sites (tertiary alicyclic amines) is 1. The smallest absolute Gasteiger partial charge is 0.148 e. The summed E-state index contributed by atoms with van der Waals surface area (Å²) in [6.07, 6.45) is 4.09. The van der Waals surface area contributed by atoms with E-state index < -0.39 is 5.82 Å². The Morgan fingerprint density at radius 2 is 1.81 bits per heavy atom. The number of aromatic nitrogens is 2. The van der Waals surface area contributed by atoms with E-state index in [2.05, 4.69) is 57.9 Å². The number of nitrogens with one attached hydrogen (secondary N) is 1. The van der Waals surface area contributed by atoms with Gasteiger partial charge in [-0.2, -0.15) is 5.26 Å². The molecule has 0 spiro atoms. The third-order valence-corrected chi connectivity index (χ3v) is 8.89. The Morgan fingerprint density at radius 3 is 2.48 bits per heavy atom. The van der Waals surface area contributed by atoms with Crippen molar-refractivity contribution in [2.45, 2.75) is 32.1 Å². The third kappa shape index (κ3) is 6.50. The maximum atomic E-state index is 15.0. The summed E-state index contributed by atoms with van der Waals surface area (Å²) in [5.74, 6) is 1.28. The zero-order chi connectivity index (χ0) is 29.7. The average Bonchev–Trinajstić information content (AvgIpc) is 3.01. The molecule has 0 unspecified atom stereocenters. The molecule has 0 aliphatic carbocycles. The maximum absolute atomic E-state index is 15.0. The number of hydrogen-bond acceptors (Lipinski definition) is 9. The van der Waals surface area contributed by atoms with Gasteiger partial charge in [-0.05, 0) is 63.2 Å². The average molecular weight is 576 g/mol. The predicted molar refractivity (Wildman–Crippen MR) is 164 cm³/mol. The molecule has 3 N–H and O–H groups in total. The first-order valence-corrected chi connectivity index (χ1v) is 14.9. The molecular weight excluding hydrogens is 533 g/mol. The number of nitriles is 1. The Kier molecular flexibility index (Phi) is 9.53. The second kappa shape index (κ2) is 13.3. The molecule has 5 heterocycles. The van der Waals surface area contributed by atoms with Gasteiger partial charge in [-0.3, -0.25) is 4.98 Å². The summed E-state index contributed by atoms with van der Waals surface area (Å²) in [7, 11) is 1.50. The van der Waals surface area contributed by atoms with E-state index in [-0.39, 0.29) is 11.1 Å². The highest BCUT2D eigenvalue weighted by molar-refractivity contribution is 5.81. The van der Waals surface area contributed by atoms with Gasteiger partial charge in [0, 0.05) is 54.3 Å². The topological polar surface area (TPSA) is 113 Å². The van der Waals surface area contributed by atoms with Crippen LogP contribution in [-0.4, -0.2) is 81.1 Å². The highest BCUT2D eigenvalue weighted by atomic mass is 19.1. The Morgan fingerprint density at radius 1 is 1.07 bits per heavy atom. The number of benzene rings is 1. The molecule has 0 atom stereocenters. The predicted octanol–water partition coefficient (Wildman–Crippen LogP) is 4.43. The molecule has 42 heavy (non-hydrogen) atoms. The van der Waals surface area contributed by atoms with E-state index in [4.69, 9.17) is 14.5 Å². The van der Waals surface area contributed by atoms with E-state index in [0.717, 1.165) is 62.3 Å². The van der Waals surface area contributed by atoms with Crippen molar-refractivity contribution >= 4 is 28.1 Å². The van der Waals surface area contributed by atoms with Gasteiger partial charge < -0.3 is 30.3 Å². The molecule has 3 fully saturated rings. The lowest BCUT2D eigenvalue weighted by Gasteiger charge is -2.42. The number of pyridine rings is 2. The van der Waals surface area contributed by atoms with Crippen LogP contribution in [0.25, 0.3) is 10.9 Å². The molecule has 0 amide bonds. The largest absolute Gasteiger partial charge is 0.381 e. The minimum absolute atomic E-state index is 0.0665. The quantitative estimate of drug-likeness (QED) is 0.422. The molecule has 3 aliphatic rings. The first-order valence-electron chi connectivity index (χ1n) is 14.9. The van der Waals surface area contributed by atoms with Crippen LogP contribution in [0.2, 0.25) is 0 Å². The number of nitrogens with two attached hydrogens (primary N) is 1. The number of halogens is 1. The molecule has 2 aromatic heterocycles. The van der Waals surface area contributed by atoms with Crippen LogP contribution in [-0.2, 0) is 14.9 Å². The first-order chi connectivity index (χ1) is 20.4. The summed E-state index contributed by atoms with van der Waals surface area (Å²) in [6, 6.07) is 11.2. The minimum atomic E-state index is -0.491. The van der Waals surface area contributed by atoms with Crippen molar-refractivity contribution in [2.24, 2.45) is 17.6 Å². The monoisotopic (exact) mass is 575 g/mol. The number of ether oxygens (including phenoxy) is 2. The standard InChI is InChI=1S/C31H37FN6O2.CH5N/c1-31(2,24-5-7-37(8-6-24)18-21-19-40-20-21)29-4-3-22-17-34-30(15-26(22)35-29)36-27-14-28(23(16-33)13-25(27)32)38-9-11-39-12-10-38;1-2/h3-4,13-15,17,21,24H,5-12,18-20H2,1-2H3,(H,34,36);2H2,1H3. The Balaban J connectivity index is 0.00000173. The van der Waals surface area contributed by atoms with Crippen molar-refractivity contribution in [3.05, 3.63) is 53.6 Å². The van der Waals surface area contributed by atoms with Crippen molar-refractivity contribution in [3.8, 4) is 6.07 Å². The molecule has 3 aromatic rings. The molecule has 0 bridgehead atoms. The molecule has 9 nitrogen and oxygen atoms in total. The first kappa shape index (κ1) is 30.1. The summed E-state index contributed by atoms with van der Waals surface area (Å²) in [4.78, 5) is 14.3. The van der Waals surface area contributed by atoms with E-state index in [1.165, 1.54) is 13.1 Å². The number of anilines is 3. The van der Waals surface area contributed by atoms with E-state index in [1.54, 1.807) is 12.3 Å². The Bertz CT molecular complexity index is 1410. The lowest BCUT2D eigenvalue weighted by atomic mass is 9.71. The van der Waals surface area contributed by atoms with Gasteiger partial charge in [-0.1, -0.05) is 13.8 Å². The highest BCUT2D eigenvalue weighted by Crippen LogP contribution is 2.38. The van der Waals surface area contributed by atoms with Gasteiger partial charge in [-0.15, -0.1) is 0 Å². The van der Waals surface area contributed by atoms with Gasteiger partial charge in [0.25, 0.3) is 0 Å². The Labute approximate surface area is 247 Å². The van der Waals surface area contributed by atoms with Gasteiger partial charge in [0.2, 0.25) is 0 Å². The normalized spacial score (nSPS) is 18.6. The zero-order valence-corrected chi connectivity index (χ0v) is 24.9. The van der Waals surface area contributed by atoms with Crippen LogP contribution in [0, 0.1) is 29.0 Å². The molecule has 6 rings (SSSR count). The van der Waals surface area contributed by atoms with Crippen molar-refractivity contribution in [1.82, 2.24) is 14.9 Å². The summed E-state index contributed by atoms with van der Waals surface area (Å²) in [6.45, 7) is 12.3. The van der Waals surface area contributed by atoms with E-state index in [9.17, 15) is 5.26 Å². The third-order valence-electron chi connectivity index (χ3n) is 8.89. The SMILES string of the molecule is CC(C)(c1ccc2cnc(Nc3cc(N4CCOCC4)c(C#N)cc3F)cc2n1)C1CCN(CC2COC2)CC1.CN. The lowest BCUT2D eigenvalue weighted by molar-refractivity contribution is -0.0508. The van der Waals surface area contributed by atoms with Crippen molar-refractivity contribution < 1.29 is 13.9 Å². The maximum Gasteiger partial charge on any atom is 0.148 e. The number of fused-ring (bicyclic) bond motifs is 1.